The van der Waals surface area contributed by atoms with Crippen LogP contribution in [0, 0.1) is 0 Å². The van der Waals surface area contributed by atoms with E-state index in [1.54, 1.807) is 0 Å². The second-order valence-electron chi connectivity index (χ2n) is 4.51. The van der Waals surface area contributed by atoms with Gasteiger partial charge in [0.1, 0.15) is 0 Å². The summed E-state index contributed by atoms with van der Waals surface area (Å²) in [7, 11) is 0. The highest BCUT2D eigenvalue weighted by molar-refractivity contribution is 8.04. The first-order valence-electron chi connectivity index (χ1n) is 6.46. The van der Waals surface area contributed by atoms with Crippen LogP contribution in [0.3, 0.4) is 0 Å². The van der Waals surface area contributed by atoms with Crippen LogP contribution in [0.1, 0.15) is 35.7 Å². The van der Waals surface area contributed by atoms with Crippen molar-refractivity contribution in [1.29, 1.82) is 0 Å². The fourth-order valence-corrected chi connectivity index (χ4v) is 2.58. The zero-order valence-electron chi connectivity index (χ0n) is 10.9. The van der Waals surface area contributed by atoms with E-state index in [0.29, 0.717) is 16.3 Å². The number of nitrogens with one attached hydrogen (secondary N) is 1. The summed E-state index contributed by atoms with van der Waals surface area (Å²) in [6.07, 6.45) is 4.89. The first kappa shape index (κ1) is 13.9. The molecule has 0 aliphatic carbocycles. The van der Waals surface area contributed by atoms with E-state index in [2.05, 4.69) is 12.2 Å². The van der Waals surface area contributed by atoms with Crippen molar-refractivity contribution in [2.24, 2.45) is 0 Å². The lowest BCUT2D eigenvalue weighted by Gasteiger charge is -2.02. The summed E-state index contributed by atoms with van der Waals surface area (Å²) in [5.74, 6) is 0.292. The molecule has 1 amide bonds. The van der Waals surface area contributed by atoms with E-state index in [0.717, 1.165) is 6.42 Å². The van der Waals surface area contributed by atoms with Gasteiger partial charge in [0.25, 0.3) is 0 Å². The molecule has 100 valence electrons. The largest absolute Gasteiger partial charge is 0.320 e. The van der Waals surface area contributed by atoms with Crippen molar-refractivity contribution < 1.29 is 9.59 Å². The molecule has 0 bridgehead atoms. The molecule has 0 radical (unpaired) electrons. The third kappa shape index (κ3) is 3.96. The number of allylic oxidation sites excluding steroid dienone is 1. The van der Waals surface area contributed by atoms with Gasteiger partial charge in [-0.2, -0.15) is 0 Å². The van der Waals surface area contributed by atoms with Crippen LogP contribution >= 0.6 is 11.8 Å². The number of unbranched alkanes of at least 4 members (excludes halogenated alkanes) is 1. The summed E-state index contributed by atoms with van der Waals surface area (Å²) in [6, 6.07) is 7.71. The van der Waals surface area contributed by atoms with Crippen molar-refractivity contribution in [3.8, 4) is 0 Å². The van der Waals surface area contributed by atoms with Crippen LogP contribution in [-0.4, -0.2) is 17.4 Å². The molecule has 1 aromatic carbocycles. The third-order valence-corrected chi connectivity index (χ3v) is 3.88. The van der Waals surface area contributed by atoms with Gasteiger partial charge in [-0.25, -0.2) is 0 Å². The van der Waals surface area contributed by atoms with Crippen LogP contribution in [0.2, 0.25) is 0 Å². The molecule has 1 aromatic rings. The first-order chi connectivity index (χ1) is 9.19. The number of thioether (sulfide) groups is 1. The van der Waals surface area contributed by atoms with Gasteiger partial charge in [0.05, 0.1) is 10.8 Å². The average molecular weight is 275 g/mol. The summed E-state index contributed by atoms with van der Waals surface area (Å²) in [6.45, 7) is 2.16. The molecule has 1 aliphatic rings. The molecule has 1 heterocycles. The van der Waals surface area contributed by atoms with Crippen LogP contribution in [0.15, 0.2) is 35.4 Å². The molecule has 0 aromatic heterocycles. The van der Waals surface area contributed by atoms with Gasteiger partial charge in [-0.15, -0.1) is 0 Å². The Morgan fingerprint density at radius 1 is 1.37 bits per heavy atom. The Morgan fingerprint density at radius 3 is 2.68 bits per heavy atom. The summed E-state index contributed by atoms with van der Waals surface area (Å²) < 4.78 is 0. The lowest BCUT2D eigenvalue weighted by Crippen LogP contribution is -2.14. The van der Waals surface area contributed by atoms with Crippen molar-refractivity contribution in [3.05, 3.63) is 46.5 Å². The molecule has 0 saturated carbocycles. The Morgan fingerprint density at radius 2 is 2.11 bits per heavy atom. The molecule has 19 heavy (non-hydrogen) atoms. The predicted octanol–water partition coefficient (Wildman–Crippen LogP) is 2.92. The quantitative estimate of drug-likeness (QED) is 0.664. The van der Waals surface area contributed by atoms with Crippen molar-refractivity contribution >= 4 is 23.5 Å². The van der Waals surface area contributed by atoms with E-state index < -0.39 is 0 Å². The van der Waals surface area contributed by atoms with Crippen molar-refractivity contribution in [2.75, 3.05) is 5.75 Å². The van der Waals surface area contributed by atoms with Crippen LogP contribution < -0.4 is 5.32 Å². The molecule has 0 atom stereocenters. The van der Waals surface area contributed by atoms with Gasteiger partial charge in [0.2, 0.25) is 5.91 Å². The summed E-state index contributed by atoms with van der Waals surface area (Å²) in [5, 5.41) is 3.30. The SMILES string of the molecule is CCCCc1ccc(C(=O)C=C2NC(=O)CS2)cc1. The Balaban J connectivity index is 2.01. The first-order valence-corrected chi connectivity index (χ1v) is 7.45. The van der Waals surface area contributed by atoms with Crippen molar-refractivity contribution in [3.63, 3.8) is 0 Å². The maximum absolute atomic E-state index is 12.0. The zero-order valence-corrected chi connectivity index (χ0v) is 11.8. The Bertz CT molecular complexity index is 505. The monoisotopic (exact) mass is 275 g/mol. The number of carbonyl (C=O) groups is 2. The Kier molecular flexibility index (Phi) is 4.80. The summed E-state index contributed by atoms with van der Waals surface area (Å²) in [4.78, 5) is 23.0. The van der Waals surface area contributed by atoms with Crippen molar-refractivity contribution in [1.82, 2.24) is 5.32 Å². The lowest BCUT2D eigenvalue weighted by atomic mass is 10.0. The number of hydrogen-bond donors (Lipinski definition) is 1. The van der Waals surface area contributed by atoms with Gasteiger partial charge in [-0.3, -0.25) is 9.59 Å². The molecular weight excluding hydrogens is 258 g/mol. The zero-order chi connectivity index (χ0) is 13.7. The topological polar surface area (TPSA) is 46.2 Å². The molecule has 2 rings (SSSR count). The van der Waals surface area contributed by atoms with Crippen LogP contribution in [0.25, 0.3) is 0 Å². The maximum atomic E-state index is 12.0. The maximum Gasteiger partial charge on any atom is 0.235 e. The number of aryl methyl sites for hydroxylation is 1. The fourth-order valence-electron chi connectivity index (χ4n) is 1.85. The molecule has 0 spiro atoms. The minimum Gasteiger partial charge on any atom is -0.320 e. The molecule has 4 heteroatoms. The summed E-state index contributed by atoms with van der Waals surface area (Å²) >= 11 is 1.37. The number of carbonyl (C=O) groups excluding carboxylic acids is 2. The van der Waals surface area contributed by atoms with E-state index in [-0.39, 0.29) is 11.7 Å². The second kappa shape index (κ2) is 6.57. The highest BCUT2D eigenvalue weighted by Crippen LogP contribution is 2.19. The van der Waals surface area contributed by atoms with E-state index >= 15 is 0 Å². The van der Waals surface area contributed by atoms with Gasteiger partial charge in [0, 0.05) is 11.6 Å². The molecule has 1 aliphatic heterocycles. The van der Waals surface area contributed by atoms with E-state index in [4.69, 9.17) is 0 Å². The van der Waals surface area contributed by atoms with E-state index in [1.165, 1.54) is 36.2 Å². The number of hydrogen-bond acceptors (Lipinski definition) is 3. The van der Waals surface area contributed by atoms with Gasteiger partial charge < -0.3 is 5.32 Å². The van der Waals surface area contributed by atoms with Gasteiger partial charge >= 0.3 is 0 Å². The normalized spacial score (nSPS) is 16.7. The number of amides is 1. The highest BCUT2D eigenvalue weighted by Gasteiger charge is 2.16. The van der Waals surface area contributed by atoms with Gasteiger partial charge in [-0.1, -0.05) is 49.4 Å². The standard InChI is InChI=1S/C15H17NO2S/c1-2-3-4-11-5-7-12(8-6-11)13(17)9-15-16-14(18)10-19-15/h5-9H,2-4,10H2,1H3,(H,16,18). The van der Waals surface area contributed by atoms with Gasteiger partial charge in [0.15, 0.2) is 5.78 Å². The Hall–Kier alpha value is -1.55. The Labute approximate surface area is 117 Å². The van der Waals surface area contributed by atoms with E-state index in [1.807, 2.05) is 24.3 Å². The van der Waals surface area contributed by atoms with Crippen LogP contribution in [0.5, 0.6) is 0 Å². The predicted molar refractivity (Wildman–Crippen MR) is 78.1 cm³/mol. The smallest absolute Gasteiger partial charge is 0.235 e. The van der Waals surface area contributed by atoms with E-state index in [9.17, 15) is 9.59 Å². The minimum absolute atomic E-state index is 0.0426. The molecule has 1 saturated heterocycles. The van der Waals surface area contributed by atoms with Gasteiger partial charge in [-0.05, 0) is 18.4 Å². The molecule has 1 fully saturated rings. The molecular formula is C15H17NO2S. The fraction of sp³-hybridized carbons (Fsp3) is 0.333. The summed E-state index contributed by atoms with van der Waals surface area (Å²) in [5.41, 5.74) is 1.92. The number of benzene rings is 1. The minimum atomic E-state index is -0.0632. The molecule has 1 N–H and O–H groups in total. The van der Waals surface area contributed by atoms with Crippen molar-refractivity contribution in [2.45, 2.75) is 26.2 Å². The molecule has 0 unspecified atom stereocenters. The average Bonchev–Trinajstić information content (AvgIpc) is 2.82. The van der Waals surface area contributed by atoms with Crippen LogP contribution in [0.4, 0.5) is 0 Å². The second-order valence-corrected chi connectivity index (χ2v) is 5.53. The third-order valence-electron chi connectivity index (χ3n) is 2.94. The van der Waals surface area contributed by atoms with Crippen LogP contribution in [-0.2, 0) is 11.2 Å². The number of rotatable bonds is 5. The lowest BCUT2D eigenvalue weighted by molar-refractivity contribution is -0.117. The number of ketones is 1. The molecule has 3 nitrogen and oxygen atoms in total. The highest BCUT2D eigenvalue weighted by atomic mass is 32.2.